The Morgan fingerprint density at radius 2 is 2.26 bits per heavy atom. The van der Waals surface area contributed by atoms with Crippen molar-refractivity contribution in [1.82, 2.24) is 5.32 Å². The minimum atomic E-state index is 0.532. The summed E-state index contributed by atoms with van der Waals surface area (Å²) in [6.07, 6.45) is 2.12. The van der Waals surface area contributed by atoms with Crippen LogP contribution in [0.25, 0.3) is 0 Å². The van der Waals surface area contributed by atoms with Crippen molar-refractivity contribution < 1.29 is 9.47 Å². The van der Waals surface area contributed by atoms with Crippen LogP contribution in [0.3, 0.4) is 0 Å². The number of hydrogen-bond donors (Lipinski definition) is 1. The van der Waals surface area contributed by atoms with E-state index in [-0.39, 0.29) is 0 Å². The summed E-state index contributed by atoms with van der Waals surface area (Å²) in [4.78, 5) is 0. The van der Waals surface area contributed by atoms with Gasteiger partial charge in [0.1, 0.15) is 5.75 Å². The van der Waals surface area contributed by atoms with Crippen LogP contribution in [-0.2, 0) is 11.2 Å². The van der Waals surface area contributed by atoms with Crippen molar-refractivity contribution in [2.24, 2.45) is 5.92 Å². The summed E-state index contributed by atoms with van der Waals surface area (Å²) in [6, 6.07) is 6.96. The number of rotatable bonds is 5. The Morgan fingerprint density at radius 1 is 1.42 bits per heavy atom. The SMILES string of the molecule is CCNC1CCOCC1Cc1cc(C)ccc1OC. The van der Waals surface area contributed by atoms with Gasteiger partial charge in [0.25, 0.3) is 0 Å². The molecule has 1 aliphatic rings. The summed E-state index contributed by atoms with van der Waals surface area (Å²) in [6.45, 7) is 7.03. The van der Waals surface area contributed by atoms with E-state index in [1.807, 2.05) is 0 Å². The molecule has 1 N–H and O–H groups in total. The van der Waals surface area contributed by atoms with Crippen molar-refractivity contribution in [2.45, 2.75) is 32.7 Å². The van der Waals surface area contributed by atoms with Gasteiger partial charge in [0.05, 0.1) is 13.7 Å². The minimum absolute atomic E-state index is 0.532. The average molecular weight is 263 g/mol. The first kappa shape index (κ1) is 14.4. The summed E-state index contributed by atoms with van der Waals surface area (Å²) in [7, 11) is 1.74. The van der Waals surface area contributed by atoms with Crippen LogP contribution < -0.4 is 10.1 Å². The smallest absolute Gasteiger partial charge is 0.122 e. The Bertz CT molecular complexity index is 404. The fraction of sp³-hybridized carbons (Fsp3) is 0.625. The van der Waals surface area contributed by atoms with Crippen molar-refractivity contribution in [1.29, 1.82) is 0 Å². The zero-order chi connectivity index (χ0) is 13.7. The first-order valence-electron chi connectivity index (χ1n) is 7.19. The summed E-state index contributed by atoms with van der Waals surface area (Å²) in [5.41, 5.74) is 2.58. The third kappa shape index (κ3) is 3.71. The molecule has 1 aromatic carbocycles. The van der Waals surface area contributed by atoms with Gasteiger partial charge in [-0.15, -0.1) is 0 Å². The number of aryl methyl sites for hydroxylation is 1. The summed E-state index contributed by atoms with van der Waals surface area (Å²) in [5.74, 6) is 1.52. The lowest BCUT2D eigenvalue weighted by Gasteiger charge is -2.32. The van der Waals surface area contributed by atoms with Gasteiger partial charge < -0.3 is 14.8 Å². The van der Waals surface area contributed by atoms with Gasteiger partial charge in [0, 0.05) is 18.6 Å². The maximum absolute atomic E-state index is 5.65. The topological polar surface area (TPSA) is 30.5 Å². The molecule has 0 aromatic heterocycles. The summed E-state index contributed by atoms with van der Waals surface area (Å²) in [5, 5.41) is 3.59. The molecular formula is C16H25NO2. The predicted octanol–water partition coefficient (Wildman–Crippen LogP) is 2.56. The molecule has 3 nitrogen and oxygen atoms in total. The van der Waals surface area contributed by atoms with Gasteiger partial charge in [0.2, 0.25) is 0 Å². The van der Waals surface area contributed by atoms with Crippen molar-refractivity contribution in [2.75, 3.05) is 26.9 Å². The second-order valence-corrected chi connectivity index (χ2v) is 5.31. The van der Waals surface area contributed by atoms with E-state index in [0.717, 1.165) is 38.3 Å². The zero-order valence-electron chi connectivity index (χ0n) is 12.2. The second-order valence-electron chi connectivity index (χ2n) is 5.31. The maximum Gasteiger partial charge on any atom is 0.122 e. The van der Waals surface area contributed by atoms with E-state index in [0.29, 0.717) is 12.0 Å². The third-order valence-corrected chi connectivity index (χ3v) is 3.86. The van der Waals surface area contributed by atoms with Gasteiger partial charge in [-0.1, -0.05) is 24.6 Å². The standard InChI is InChI=1S/C16H25NO2/c1-4-17-15-7-8-19-11-14(15)10-13-9-12(2)5-6-16(13)18-3/h5-6,9,14-15,17H,4,7-8,10-11H2,1-3H3. The van der Waals surface area contributed by atoms with Gasteiger partial charge >= 0.3 is 0 Å². The molecule has 2 unspecified atom stereocenters. The lowest BCUT2D eigenvalue weighted by molar-refractivity contribution is 0.0325. The van der Waals surface area contributed by atoms with Crippen molar-refractivity contribution in [3.8, 4) is 5.75 Å². The summed E-state index contributed by atoms with van der Waals surface area (Å²) >= 11 is 0. The monoisotopic (exact) mass is 263 g/mol. The fourth-order valence-electron chi connectivity index (χ4n) is 2.88. The fourth-order valence-corrected chi connectivity index (χ4v) is 2.88. The third-order valence-electron chi connectivity index (χ3n) is 3.86. The highest BCUT2D eigenvalue weighted by molar-refractivity contribution is 5.37. The first-order valence-corrected chi connectivity index (χ1v) is 7.19. The van der Waals surface area contributed by atoms with Crippen LogP contribution in [0.4, 0.5) is 0 Å². The molecule has 1 fully saturated rings. The first-order chi connectivity index (χ1) is 9.24. The molecule has 0 bridgehead atoms. The van der Waals surface area contributed by atoms with Crippen molar-refractivity contribution in [3.63, 3.8) is 0 Å². The van der Waals surface area contributed by atoms with Crippen molar-refractivity contribution >= 4 is 0 Å². The Labute approximate surface area is 116 Å². The number of nitrogens with one attached hydrogen (secondary N) is 1. The van der Waals surface area contributed by atoms with E-state index in [1.165, 1.54) is 11.1 Å². The van der Waals surface area contributed by atoms with Crippen LogP contribution in [-0.4, -0.2) is 32.9 Å². The highest BCUT2D eigenvalue weighted by Gasteiger charge is 2.26. The quantitative estimate of drug-likeness (QED) is 0.885. The normalized spacial score (nSPS) is 23.3. The van der Waals surface area contributed by atoms with Crippen LogP contribution in [0.2, 0.25) is 0 Å². The molecule has 19 heavy (non-hydrogen) atoms. The van der Waals surface area contributed by atoms with Gasteiger partial charge in [-0.05, 0) is 37.9 Å². The number of ether oxygens (including phenoxy) is 2. The molecule has 0 spiro atoms. The molecule has 106 valence electrons. The van der Waals surface area contributed by atoms with Crippen LogP contribution in [0.5, 0.6) is 5.75 Å². The molecule has 0 radical (unpaired) electrons. The second kappa shape index (κ2) is 6.92. The lowest BCUT2D eigenvalue weighted by Crippen LogP contribution is -2.43. The Kier molecular flexibility index (Phi) is 5.23. The van der Waals surface area contributed by atoms with Gasteiger partial charge in [-0.3, -0.25) is 0 Å². The van der Waals surface area contributed by atoms with Gasteiger partial charge in [0.15, 0.2) is 0 Å². The highest BCUT2D eigenvalue weighted by Crippen LogP contribution is 2.26. The maximum atomic E-state index is 5.65. The van der Waals surface area contributed by atoms with E-state index in [1.54, 1.807) is 7.11 Å². The molecule has 1 aliphatic heterocycles. The average Bonchev–Trinajstić information content (AvgIpc) is 2.42. The van der Waals surface area contributed by atoms with Crippen LogP contribution in [0.15, 0.2) is 18.2 Å². The van der Waals surface area contributed by atoms with Crippen LogP contribution in [0.1, 0.15) is 24.5 Å². The van der Waals surface area contributed by atoms with E-state index < -0.39 is 0 Å². The largest absolute Gasteiger partial charge is 0.496 e. The molecule has 1 aromatic rings. The van der Waals surface area contributed by atoms with E-state index in [9.17, 15) is 0 Å². The predicted molar refractivity (Wildman–Crippen MR) is 77.8 cm³/mol. The number of hydrogen-bond acceptors (Lipinski definition) is 3. The number of methoxy groups -OCH3 is 1. The molecule has 0 saturated carbocycles. The molecule has 1 heterocycles. The van der Waals surface area contributed by atoms with Gasteiger partial charge in [-0.2, -0.15) is 0 Å². The van der Waals surface area contributed by atoms with Crippen LogP contribution >= 0.6 is 0 Å². The highest BCUT2D eigenvalue weighted by atomic mass is 16.5. The summed E-state index contributed by atoms with van der Waals surface area (Å²) < 4.78 is 11.1. The van der Waals surface area contributed by atoms with E-state index >= 15 is 0 Å². The Hall–Kier alpha value is -1.06. The minimum Gasteiger partial charge on any atom is -0.496 e. The van der Waals surface area contributed by atoms with Gasteiger partial charge in [-0.25, -0.2) is 0 Å². The molecular weight excluding hydrogens is 238 g/mol. The molecule has 0 amide bonds. The Balaban J connectivity index is 2.11. The van der Waals surface area contributed by atoms with E-state index in [4.69, 9.17) is 9.47 Å². The lowest BCUT2D eigenvalue weighted by atomic mass is 9.88. The van der Waals surface area contributed by atoms with Crippen LogP contribution in [0, 0.1) is 12.8 Å². The molecule has 1 saturated heterocycles. The number of benzene rings is 1. The Morgan fingerprint density at radius 3 is 3.00 bits per heavy atom. The molecule has 2 atom stereocenters. The molecule has 2 rings (SSSR count). The molecule has 0 aliphatic carbocycles. The van der Waals surface area contributed by atoms with E-state index in [2.05, 4.69) is 37.4 Å². The zero-order valence-corrected chi connectivity index (χ0v) is 12.2. The van der Waals surface area contributed by atoms with Crippen molar-refractivity contribution in [3.05, 3.63) is 29.3 Å². The molecule has 3 heteroatoms.